The van der Waals surface area contributed by atoms with Crippen LogP contribution in [0.25, 0.3) is 0 Å². The molecule has 0 bridgehead atoms. The molecule has 1 heterocycles. The predicted octanol–water partition coefficient (Wildman–Crippen LogP) is 2.67. The molecular weight excluding hydrogens is 344 g/mol. The van der Waals surface area contributed by atoms with Crippen molar-refractivity contribution < 1.29 is 19.0 Å². The first-order valence-electron chi connectivity index (χ1n) is 9.01. The molecule has 3 rings (SSSR count). The SMILES string of the molecule is COc1cccc(CN2CCN(C(=O)c3cccc(OC)c3OC)CC2)c1. The Bertz CT molecular complexity index is 786. The van der Waals surface area contributed by atoms with Gasteiger partial charge in [0.05, 0.1) is 26.9 Å². The van der Waals surface area contributed by atoms with Gasteiger partial charge in [0.1, 0.15) is 5.75 Å². The Kier molecular flexibility index (Phi) is 6.19. The molecule has 144 valence electrons. The van der Waals surface area contributed by atoms with E-state index in [4.69, 9.17) is 14.2 Å². The highest BCUT2D eigenvalue weighted by Gasteiger charge is 2.25. The minimum Gasteiger partial charge on any atom is -0.497 e. The van der Waals surface area contributed by atoms with Crippen LogP contribution in [0.1, 0.15) is 15.9 Å². The van der Waals surface area contributed by atoms with Gasteiger partial charge >= 0.3 is 0 Å². The Balaban J connectivity index is 1.63. The molecule has 1 aliphatic heterocycles. The van der Waals surface area contributed by atoms with Crippen LogP contribution >= 0.6 is 0 Å². The Hall–Kier alpha value is -2.73. The third-order valence-corrected chi connectivity index (χ3v) is 4.83. The van der Waals surface area contributed by atoms with E-state index in [0.29, 0.717) is 30.2 Å². The number of piperazine rings is 1. The van der Waals surface area contributed by atoms with Crippen LogP contribution in [0.3, 0.4) is 0 Å². The number of carbonyl (C=O) groups is 1. The van der Waals surface area contributed by atoms with Crippen molar-refractivity contribution in [3.05, 3.63) is 53.6 Å². The highest BCUT2D eigenvalue weighted by Crippen LogP contribution is 2.31. The molecule has 2 aromatic carbocycles. The van der Waals surface area contributed by atoms with Crippen LogP contribution in [0.5, 0.6) is 17.2 Å². The standard InChI is InChI=1S/C21H26N2O4/c1-25-17-7-4-6-16(14-17)15-22-10-12-23(13-11-22)21(24)18-8-5-9-19(26-2)20(18)27-3/h4-9,14H,10-13,15H2,1-3H3. The lowest BCUT2D eigenvalue weighted by Gasteiger charge is -2.35. The smallest absolute Gasteiger partial charge is 0.257 e. The van der Waals surface area contributed by atoms with Gasteiger partial charge in [0.2, 0.25) is 0 Å². The summed E-state index contributed by atoms with van der Waals surface area (Å²) in [6.45, 7) is 3.87. The van der Waals surface area contributed by atoms with E-state index in [2.05, 4.69) is 17.0 Å². The van der Waals surface area contributed by atoms with Gasteiger partial charge in [-0.1, -0.05) is 18.2 Å². The zero-order valence-corrected chi connectivity index (χ0v) is 16.1. The number of carbonyl (C=O) groups excluding carboxylic acids is 1. The number of para-hydroxylation sites is 1. The maximum atomic E-state index is 13.0. The topological polar surface area (TPSA) is 51.2 Å². The van der Waals surface area contributed by atoms with Crippen molar-refractivity contribution in [2.45, 2.75) is 6.54 Å². The first-order valence-corrected chi connectivity index (χ1v) is 9.01. The summed E-state index contributed by atoms with van der Waals surface area (Å²) < 4.78 is 16.0. The van der Waals surface area contributed by atoms with Crippen molar-refractivity contribution in [3.8, 4) is 17.2 Å². The van der Waals surface area contributed by atoms with Crippen molar-refractivity contribution >= 4 is 5.91 Å². The van der Waals surface area contributed by atoms with Gasteiger partial charge in [0, 0.05) is 32.7 Å². The molecule has 0 saturated carbocycles. The number of hydrogen-bond donors (Lipinski definition) is 0. The third kappa shape index (κ3) is 4.34. The quantitative estimate of drug-likeness (QED) is 0.783. The second-order valence-corrected chi connectivity index (χ2v) is 6.46. The zero-order chi connectivity index (χ0) is 19.2. The monoisotopic (exact) mass is 370 g/mol. The maximum absolute atomic E-state index is 13.0. The van der Waals surface area contributed by atoms with E-state index in [1.54, 1.807) is 33.5 Å². The fourth-order valence-electron chi connectivity index (χ4n) is 3.36. The van der Waals surface area contributed by atoms with Gasteiger partial charge in [0.25, 0.3) is 5.91 Å². The molecule has 0 N–H and O–H groups in total. The van der Waals surface area contributed by atoms with Crippen LogP contribution in [-0.2, 0) is 6.54 Å². The number of methoxy groups -OCH3 is 3. The average Bonchev–Trinajstić information content (AvgIpc) is 2.73. The van der Waals surface area contributed by atoms with Crippen LogP contribution in [0, 0.1) is 0 Å². The third-order valence-electron chi connectivity index (χ3n) is 4.83. The highest BCUT2D eigenvalue weighted by molar-refractivity contribution is 5.97. The summed E-state index contributed by atoms with van der Waals surface area (Å²) in [6, 6.07) is 13.5. The molecule has 6 nitrogen and oxygen atoms in total. The largest absolute Gasteiger partial charge is 0.497 e. The van der Waals surface area contributed by atoms with Gasteiger partial charge in [-0.25, -0.2) is 0 Å². The van der Waals surface area contributed by atoms with E-state index in [0.717, 1.165) is 25.4 Å². The molecular formula is C21H26N2O4. The minimum atomic E-state index is -0.0215. The summed E-state index contributed by atoms with van der Waals surface area (Å²) >= 11 is 0. The van der Waals surface area contributed by atoms with E-state index in [1.807, 2.05) is 23.1 Å². The van der Waals surface area contributed by atoms with Gasteiger partial charge in [-0.2, -0.15) is 0 Å². The Morgan fingerprint density at radius 3 is 2.33 bits per heavy atom. The maximum Gasteiger partial charge on any atom is 0.257 e. The van der Waals surface area contributed by atoms with Crippen LogP contribution in [0.4, 0.5) is 0 Å². The Labute approximate surface area is 160 Å². The molecule has 27 heavy (non-hydrogen) atoms. The number of rotatable bonds is 6. The predicted molar refractivity (Wildman–Crippen MR) is 104 cm³/mol. The van der Waals surface area contributed by atoms with E-state index in [-0.39, 0.29) is 5.91 Å². The highest BCUT2D eigenvalue weighted by atomic mass is 16.5. The molecule has 0 spiro atoms. The lowest BCUT2D eigenvalue weighted by Crippen LogP contribution is -2.48. The van der Waals surface area contributed by atoms with Crippen molar-refractivity contribution in [1.29, 1.82) is 0 Å². The van der Waals surface area contributed by atoms with Crippen molar-refractivity contribution in [1.82, 2.24) is 9.80 Å². The first-order chi connectivity index (χ1) is 13.2. The van der Waals surface area contributed by atoms with Gasteiger partial charge in [-0.15, -0.1) is 0 Å². The number of amides is 1. The van der Waals surface area contributed by atoms with Gasteiger partial charge < -0.3 is 19.1 Å². The first kappa shape index (κ1) is 19.0. The van der Waals surface area contributed by atoms with E-state index >= 15 is 0 Å². The molecule has 0 aromatic heterocycles. The summed E-state index contributed by atoms with van der Waals surface area (Å²) in [4.78, 5) is 17.2. The molecule has 1 fully saturated rings. The molecule has 0 atom stereocenters. The Morgan fingerprint density at radius 2 is 1.67 bits per heavy atom. The molecule has 0 aliphatic carbocycles. The van der Waals surface area contributed by atoms with E-state index in [9.17, 15) is 4.79 Å². The average molecular weight is 370 g/mol. The molecule has 0 unspecified atom stereocenters. The van der Waals surface area contributed by atoms with E-state index < -0.39 is 0 Å². The molecule has 0 radical (unpaired) electrons. The molecule has 6 heteroatoms. The number of benzene rings is 2. The summed E-state index contributed by atoms with van der Waals surface area (Å²) in [5.41, 5.74) is 1.75. The fraction of sp³-hybridized carbons (Fsp3) is 0.381. The lowest BCUT2D eigenvalue weighted by atomic mass is 10.1. The molecule has 1 saturated heterocycles. The van der Waals surface area contributed by atoms with Crippen molar-refractivity contribution in [2.24, 2.45) is 0 Å². The van der Waals surface area contributed by atoms with Crippen LogP contribution in [0.2, 0.25) is 0 Å². The van der Waals surface area contributed by atoms with Gasteiger partial charge in [-0.05, 0) is 29.8 Å². The lowest BCUT2D eigenvalue weighted by molar-refractivity contribution is 0.0624. The summed E-state index contributed by atoms with van der Waals surface area (Å²) in [6.07, 6.45) is 0. The second-order valence-electron chi connectivity index (χ2n) is 6.46. The number of ether oxygens (including phenoxy) is 3. The summed E-state index contributed by atoms with van der Waals surface area (Å²) in [5.74, 6) is 1.90. The Morgan fingerprint density at radius 1 is 0.926 bits per heavy atom. The number of nitrogens with zero attached hydrogens (tertiary/aromatic N) is 2. The van der Waals surface area contributed by atoms with Crippen LogP contribution in [0.15, 0.2) is 42.5 Å². The molecule has 2 aromatic rings. The summed E-state index contributed by atoms with van der Waals surface area (Å²) in [7, 11) is 4.81. The summed E-state index contributed by atoms with van der Waals surface area (Å²) in [5, 5.41) is 0. The normalized spacial score (nSPS) is 14.7. The second kappa shape index (κ2) is 8.77. The molecule has 1 aliphatic rings. The fourth-order valence-corrected chi connectivity index (χ4v) is 3.36. The van der Waals surface area contributed by atoms with Crippen LogP contribution < -0.4 is 14.2 Å². The zero-order valence-electron chi connectivity index (χ0n) is 16.1. The van der Waals surface area contributed by atoms with E-state index in [1.165, 1.54) is 5.56 Å². The van der Waals surface area contributed by atoms with Crippen molar-refractivity contribution in [3.63, 3.8) is 0 Å². The van der Waals surface area contributed by atoms with Crippen molar-refractivity contribution in [2.75, 3.05) is 47.5 Å². The molecule has 1 amide bonds. The number of hydrogen-bond acceptors (Lipinski definition) is 5. The minimum absolute atomic E-state index is 0.0215. The van der Waals surface area contributed by atoms with Gasteiger partial charge in [-0.3, -0.25) is 9.69 Å². The van der Waals surface area contributed by atoms with Gasteiger partial charge in [0.15, 0.2) is 11.5 Å². The van der Waals surface area contributed by atoms with Crippen LogP contribution in [-0.4, -0.2) is 63.2 Å².